The molecule has 1 aliphatic heterocycles. The van der Waals surface area contributed by atoms with Crippen LogP contribution in [0.1, 0.15) is 31.1 Å². The minimum Gasteiger partial charge on any atom is -0.444 e. The highest BCUT2D eigenvalue weighted by Crippen LogP contribution is 2.25. The van der Waals surface area contributed by atoms with Crippen LogP contribution in [0.5, 0.6) is 0 Å². The first-order valence-corrected chi connectivity index (χ1v) is 9.05. The van der Waals surface area contributed by atoms with Crippen LogP contribution in [0.4, 0.5) is 4.79 Å². The molecule has 3 rings (SSSR count). The minimum absolute atomic E-state index is 0.0554. The number of benzene rings is 1. The summed E-state index contributed by atoms with van der Waals surface area (Å²) >= 11 is 4.42. The number of carbonyl (C=O) groups is 2. The highest BCUT2D eigenvalue weighted by molar-refractivity contribution is 7.80. The van der Waals surface area contributed by atoms with Crippen LogP contribution in [0.3, 0.4) is 0 Å². The molecule has 0 spiro atoms. The second kappa shape index (κ2) is 7.15. The second-order valence-electron chi connectivity index (χ2n) is 7.29. The summed E-state index contributed by atoms with van der Waals surface area (Å²) in [5.41, 5.74) is 0.801. The lowest BCUT2D eigenvalue weighted by Crippen LogP contribution is -2.51. The standard InChI is InChI=1S/C19H23N3O3S/c1-19(2,3)25-18(24)22-11-9-21(10-12-22)17(23)14-6-7-15(26)16-13(14)5-4-8-20-16/h4-8,26H,9-12H2,1-3H3. The van der Waals surface area contributed by atoms with Crippen molar-refractivity contribution < 1.29 is 14.3 Å². The number of nitrogens with zero attached hydrogens (tertiary/aromatic N) is 3. The van der Waals surface area contributed by atoms with Gasteiger partial charge in [0.1, 0.15) is 5.60 Å². The summed E-state index contributed by atoms with van der Waals surface area (Å²) in [7, 11) is 0. The highest BCUT2D eigenvalue weighted by atomic mass is 32.1. The maximum Gasteiger partial charge on any atom is 0.410 e. The molecule has 0 radical (unpaired) electrons. The van der Waals surface area contributed by atoms with E-state index in [9.17, 15) is 9.59 Å². The lowest BCUT2D eigenvalue weighted by molar-refractivity contribution is 0.0141. The average molecular weight is 373 g/mol. The number of aromatic nitrogens is 1. The number of piperazine rings is 1. The Balaban J connectivity index is 1.72. The molecule has 0 N–H and O–H groups in total. The molecule has 26 heavy (non-hydrogen) atoms. The van der Waals surface area contributed by atoms with Gasteiger partial charge in [-0.05, 0) is 39.0 Å². The van der Waals surface area contributed by atoms with E-state index in [1.807, 2.05) is 32.9 Å². The molecule has 0 atom stereocenters. The molecular formula is C19H23N3O3S. The van der Waals surface area contributed by atoms with Crippen molar-refractivity contribution in [3.05, 3.63) is 36.0 Å². The second-order valence-corrected chi connectivity index (χ2v) is 7.77. The number of rotatable bonds is 1. The molecule has 1 fully saturated rings. The summed E-state index contributed by atoms with van der Waals surface area (Å²) in [4.78, 5) is 33.6. The average Bonchev–Trinajstić information content (AvgIpc) is 2.60. The van der Waals surface area contributed by atoms with Gasteiger partial charge in [-0.1, -0.05) is 6.07 Å². The number of amides is 2. The van der Waals surface area contributed by atoms with Crippen LogP contribution < -0.4 is 0 Å². The van der Waals surface area contributed by atoms with Crippen LogP contribution >= 0.6 is 12.6 Å². The first kappa shape index (κ1) is 18.5. The zero-order valence-electron chi connectivity index (χ0n) is 15.2. The summed E-state index contributed by atoms with van der Waals surface area (Å²) in [6, 6.07) is 7.27. The van der Waals surface area contributed by atoms with Gasteiger partial charge in [0, 0.05) is 48.2 Å². The van der Waals surface area contributed by atoms with Crippen LogP contribution in [-0.4, -0.2) is 58.6 Å². The fourth-order valence-corrected chi connectivity index (χ4v) is 3.19. The van der Waals surface area contributed by atoms with Gasteiger partial charge in [-0.15, -0.1) is 12.6 Å². The van der Waals surface area contributed by atoms with Crippen LogP contribution in [0.2, 0.25) is 0 Å². The monoisotopic (exact) mass is 373 g/mol. The van der Waals surface area contributed by atoms with Crippen molar-refractivity contribution in [3.8, 4) is 0 Å². The number of hydrogen-bond donors (Lipinski definition) is 1. The minimum atomic E-state index is -0.523. The van der Waals surface area contributed by atoms with E-state index in [1.165, 1.54) is 0 Å². The molecule has 0 bridgehead atoms. The zero-order chi connectivity index (χ0) is 18.9. The third-order valence-electron chi connectivity index (χ3n) is 4.20. The summed E-state index contributed by atoms with van der Waals surface area (Å²) in [5, 5.41) is 0.791. The molecule has 138 valence electrons. The summed E-state index contributed by atoms with van der Waals surface area (Å²) in [5.74, 6) is -0.0554. The molecule has 1 aliphatic rings. The molecule has 1 aromatic heterocycles. The Kier molecular flexibility index (Phi) is 5.09. The maximum atomic E-state index is 13.0. The summed E-state index contributed by atoms with van der Waals surface area (Å²) in [6.07, 6.45) is 1.36. The lowest BCUT2D eigenvalue weighted by Gasteiger charge is -2.35. The van der Waals surface area contributed by atoms with Crippen LogP contribution in [0.25, 0.3) is 10.9 Å². The van der Waals surface area contributed by atoms with E-state index in [-0.39, 0.29) is 12.0 Å². The van der Waals surface area contributed by atoms with Crippen molar-refractivity contribution in [2.24, 2.45) is 0 Å². The van der Waals surface area contributed by atoms with Crippen molar-refractivity contribution in [1.82, 2.24) is 14.8 Å². The number of hydrogen-bond acceptors (Lipinski definition) is 5. The van der Waals surface area contributed by atoms with Crippen LogP contribution in [0, 0.1) is 0 Å². The van der Waals surface area contributed by atoms with Gasteiger partial charge in [-0.3, -0.25) is 9.78 Å². The summed E-state index contributed by atoms with van der Waals surface area (Å²) < 4.78 is 5.40. The predicted octanol–water partition coefficient (Wildman–Crippen LogP) is 3.22. The summed E-state index contributed by atoms with van der Waals surface area (Å²) in [6.45, 7) is 7.40. The van der Waals surface area contributed by atoms with Gasteiger partial charge in [0.05, 0.1) is 5.52 Å². The number of pyridine rings is 1. The zero-order valence-corrected chi connectivity index (χ0v) is 16.1. The van der Waals surface area contributed by atoms with E-state index in [0.717, 1.165) is 10.3 Å². The molecule has 2 amide bonds. The molecule has 2 heterocycles. The van der Waals surface area contributed by atoms with E-state index in [0.29, 0.717) is 37.3 Å². The van der Waals surface area contributed by atoms with Crippen LogP contribution in [-0.2, 0) is 4.74 Å². The molecule has 2 aromatic rings. The van der Waals surface area contributed by atoms with Crippen molar-refractivity contribution >= 4 is 35.5 Å². The quantitative estimate of drug-likeness (QED) is 0.780. The Morgan fingerprint density at radius 3 is 2.38 bits per heavy atom. The SMILES string of the molecule is CC(C)(C)OC(=O)N1CCN(C(=O)c2ccc(S)c3ncccc23)CC1. The van der Waals surface area contributed by atoms with E-state index in [2.05, 4.69) is 17.6 Å². The largest absolute Gasteiger partial charge is 0.444 e. The van der Waals surface area contributed by atoms with E-state index in [4.69, 9.17) is 4.74 Å². The van der Waals surface area contributed by atoms with E-state index < -0.39 is 5.60 Å². The van der Waals surface area contributed by atoms with Crippen molar-refractivity contribution in [3.63, 3.8) is 0 Å². The van der Waals surface area contributed by atoms with Gasteiger partial charge >= 0.3 is 6.09 Å². The topological polar surface area (TPSA) is 62.7 Å². The predicted molar refractivity (Wildman–Crippen MR) is 103 cm³/mol. The number of thiol groups is 1. The van der Waals surface area contributed by atoms with Gasteiger partial charge in [0.25, 0.3) is 5.91 Å². The smallest absolute Gasteiger partial charge is 0.410 e. The fraction of sp³-hybridized carbons (Fsp3) is 0.421. The number of ether oxygens (including phenoxy) is 1. The van der Waals surface area contributed by atoms with Gasteiger partial charge in [-0.25, -0.2) is 4.79 Å². The maximum absolute atomic E-state index is 13.0. The third kappa shape index (κ3) is 3.93. The van der Waals surface area contributed by atoms with Crippen molar-refractivity contribution in [2.45, 2.75) is 31.3 Å². The molecular weight excluding hydrogens is 350 g/mol. The molecule has 7 heteroatoms. The van der Waals surface area contributed by atoms with Gasteiger partial charge in [-0.2, -0.15) is 0 Å². The van der Waals surface area contributed by atoms with Gasteiger partial charge in [0.2, 0.25) is 0 Å². The van der Waals surface area contributed by atoms with Crippen molar-refractivity contribution in [1.29, 1.82) is 0 Å². The van der Waals surface area contributed by atoms with E-state index >= 15 is 0 Å². The van der Waals surface area contributed by atoms with Gasteiger partial charge < -0.3 is 14.5 Å². The molecule has 0 saturated carbocycles. The Morgan fingerprint density at radius 1 is 1.08 bits per heavy atom. The molecule has 0 aliphatic carbocycles. The first-order valence-electron chi connectivity index (χ1n) is 8.60. The molecule has 6 nitrogen and oxygen atoms in total. The normalized spacial score (nSPS) is 15.2. The highest BCUT2D eigenvalue weighted by Gasteiger charge is 2.28. The first-order chi connectivity index (χ1) is 12.3. The Bertz CT molecular complexity index is 840. The Morgan fingerprint density at radius 2 is 1.73 bits per heavy atom. The fourth-order valence-electron chi connectivity index (χ4n) is 2.93. The Hall–Kier alpha value is -2.28. The van der Waals surface area contributed by atoms with Crippen molar-refractivity contribution in [2.75, 3.05) is 26.2 Å². The van der Waals surface area contributed by atoms with E-state index in [1.54, 1.807) is 28.1 Å². The van der Waals surface area contributed by atoms with Crippen LogP contribution in [0.15, 0.2) is 35.4 Å². The lowest BCUT2D eigenvalue weighted by atomic mass is 10.1. The van der Waals surface area contributed by atoms with Gasteiger partial charge in [0.15, 0.2) is 0 Å². The third-order valence-corrected chi connectivity index (χ3v) is 4.56. The molecule has 1 aromatic carbocycles. The number of carbonyl (C=O) groups excluding carboxylic acids is 2. The number of fused-ring (bicyclic) bond motifs is 1. The Labute approximate surface area is 158 Å². The molecule has 1 saturated heterocycles. The molecule has 0 unspecified atom stereocenters.